The predicted octanol–water partition coefficient (Wildman–Crippen LogP) is 2.66. The summed E-state index contributed by atoms with van der Waals surface area (Å²) in [6.07, 6.45) is 3.37. The molecule has 0 bridgehead atoms. The Morgan fingerprint density at radius 1 is 1.21 bits per heavy atom. The number of ether oxygens (including phenoxy) is 3. The molecule has 19 heavy (non-hydrogen) atoms. The molecular weight excluding hydrogens is 244 g/mol. The van der Waals surface area contributed by atoms with Crippen molar-refractivity contribution in [2.45, 2.75) is 19.3 Å². The van der Waals surface area contributed by atoms with E-state index in [1.807, 2.05) is 24.3 Å². The average molecular weight is 264 g/mol. The summed E-state index contributed by atoms with van der Waals surface area (Å²) in [4.78, 5) is 11.7. The van der Waals surface area contributed by atoms with Gasteiger partial charge in [0.15, 0.2) is 0 Å². The maximum atomic E-state index is 11.7. The first kappa shape index (κ1) is 13.7. The lowest BCUT2D eigenvalue weighted by Gasteiger charge is -2.31. The third-order valence-electron chi connectivity index (χ3n) is 3.71. The van der Waals surface area contributed by atoms with Crippen LogP contribution in [0.15, 0.2) is 24.3 Å². The van der Waals surface area contributed by atoms with Crippen LogP contribution in [0.25, 0.3) is 0 Å². The molecule has 0 amide bonds. The van der Waals surface area contributed by atoms with E-state index in [0.717, 1.165) is 24.3 Å². The van der Waals surface area contributed by atoms with Gasteiger partial charge in [0.25, 0.3) is 0 Å². The number of benzene rings is 1. The fourth-order valence-corrected chi connectivity index (χ4v) is 2.25. The van der Waals surface area contributed by atoms with Crippen LogP contribution in [0.2, 0.25) is 0 Å². The predicted molar refractivity (Wildman–Crippen MR) is 71.3 cm³/mol. The van der Waals surface area contributed by atoms with E-state index < -0.39 is 0 Å². The standard InChI is InChI=1S/C15H20O4/c1-17-12-6-8-13(9-7-12)19-10-14(15(16)18-2)11-4-3-5-11/h6-9,11,14H,3-5,10H2,1-2H3. The van der Waals surface area contributed by atoms with Crippen molar-refractivity contribution in [3.8, 4) is 11.5 Å². The van der Waals surface area contributed by atoms with Crippen LogP contribution >= 0.6 is 0 Å². The summed E-state index contributed by atoms with van der Waals surface area (Å²) in [7, 11) is 3.06. The molecule has 0 aromatic heterocycles. The monoisotopic (exact) mass is 264 g/mol. The quantitative estimate of drug-likeness (QED) is 0.741. The normalized spacial score (nSPS) is 16.3. The second-order valence-corrected chi connectivity index (χ2v) is 4.81. The summed E-state index contributed by atoms with van der Waals surface area (Å²) in [6.45, 7) is 0.379. The molecule has 0 N–H and O–H groups in total. The molecule has 0 heterocycles. The Morgan fingerprint density at radius 2 is 1.84 bits per heavy atom. The summed E-state index contributed by atoms with van der Waals surface area (Å²) >= 11 is 0. The van der Waals surface area contributed by atoms with Gasteiger partial charge in [0, 0.05) is 0 Å². The van der Waals surface area contributed by atoms with Crippen molar-refractivity contribution in [3.05, 3.63) is 24.3 Å². The van der Waals surface area contributed by atoms with E-state index in [2.05, 4.69) is 0 Å². The fourth-order valence-electron chi connectivity index (χ4n) is 2.25. The summed E-state index contributed by atoms with van der Waals surface area (Å²) < 4.78 is 15.6. The maximum absolute atomic E-state index is 11.7. The molecule has 1 aromatic rings. The van der Waals surface area contributed by atoms with Crippen LogP contribution in [0.4, 0.5) is 0 Å². The molecular formula is C15H20O4. The minimum atomic E-state index is -0.168. The van der Waals surface area contributed by atoms with Gasteiger partial charge in [-0.05, 0) is 43.0 Å². The van der Waals surface area contributed by atoms with Gasteiger partial charge in [0.2, 0.25) is 0 Å². The van der Waals surface area contributed by atoms with Gasteiger partial charge < -0.3 is 14.2 Å². The topological polar surface area (TPSA) is 44.8 Å². The highest BCUT2D eigenvalue weighted by Crippen LogP contribution is 2.34. The molecule has 4 nitrogen and oxygen atoms in total. The Hall–Kier alpha value is -1.71. The van der Waals surface area contributed by atoms with Crippen LogP contribution in [-0.4, -0.2) is 26.8 Å². The third-order valence-corrected chi connectivity index (χ3v) is 3.71. The zero-order valence-corrected chi connectivity index (χ0v) is 11.4. The first-order valence-corrected chi connectivity index (χ1v) is 6.59. The molecule has 4 heteroatoms. The molecule has 1 unspecified atom stereocenters. The maximum Gasteiger partial charge on any atom is 0.312 e. The van der Waals surface area contributed by atoms with Crippen molar-refractivity contribution < 1.29 is 19.0 Å². The summed E-state index contributed by atoms with van der Waals surface area (Å²) in [5, 5.41) is 0. The van der Waals surface area contributed by atoms with Gasteiger partial charge in [-0.15, -0.1) is 0 Å². The number of carbonyl (C=O) groups excluding carboxylic acids is 1. The fraction of sp³-hybridized carbons (Fsp3) is 0.533. The van der Waals surface area contributed by atoms with Gasteiger partial charge in [0.05, 0.1) is 20.1 Å². The Morgan fingerprint density at radius 3 is 2.32 bits per heavy atom. The van der Waals surface area contributed by atoms with Crippen molar-refractivity contribution in [1.82, 2.24) is 0 Å². The van der Waals surface area contributed by atoms with E-state index in [9.17, 15) is 4.79 Å². The van der Waals surface area contributed by atoms with Gasteiger partial charge in [-0.25, -0.2) is 0 Å². The molecule has 1 aliphatic carbocycles. The van der Waals surface area contributed by atoms with Crippen molar-refractivity contribution in [1.29, 1.82) is 0 Å². The second kappa shape index (κ2) is 6.45. The minimum Gasteiger partial charge on any atom is -0.497 e. The van der Waals surface area contributed by atoms with Crippen LogP contribution < -0.4 is 9.47 Å². The lowest BCUT2D eigenvalue weighted by atomic mass is 9.76. The highest BCUT2D eigenvalue weighted by molar-refractivity contribution is 5.73. The molecule has 1 saturated carbocycles. The van der Waals surface area contributed by atoms with E-state index in [1.165, 1.54) is 13.5 Å². The number of hydrogen-bond donors (Lipinski definition) is 0. The number of methoxy groups -OCH3 is 2. The Labute approximate surface area is 113 Å². The van der Waals surface area contributed by atoms with E-state index in [0.29, 0.717) is 12.5 Å². The van der Waals surface area contributed by atoms with Crippen molar-refractivity contribution in [2.24, 2.45) is 11.8 Å². The lowest BCUT2D eigenvalue weighted by molar-refractivity contribution is -0.150. The van der Waals surface area contributed by atoms with Crippen LogP contribution in [0.5, 0.6) is 11.5 Å². The molecule has 0 radical (unpaired) electrons. The smallest absolute Gasteiger partial charge is 0.312 e. The van der Waals surface area contributed by atoms with E-state index in [-0.39, 0.29) is 11.9 Å². The third kappa shape index (κ3) is 3.40. The summed E-state index contributed by atoms with van der Waals surface area (Å²) in [5.41, 5.74) is 0. The Kier molecular flexibility index (Phi) is 4.66. The molecule has 2 rings (SSSR count). The highest BCUT2D eigenvalue weighted by Gasteiger charge is 2.33. The van der Waals surface area contributed by atoms with Gasteiger partial charge in [-0.1, -0.05) is 6.42 Å². The Balaban J connectivity index is 1.91. The van der Waals surface area contributed by atoms with Crippen molar-refractivity contribution in [2.75, 3.05) is 20.8 Å². The molecule has 104 valence electrons. The van der Waals surface area contributed by atoms with Crippen molar-refractivity contribution in [3.63, 3.8) is 0 Å². The van der Waals surface area contributed by atoms with Gasteiger partial charge in [0.1, 0.15) is 18.1 Å². The van der Waals surface area contributed by atoms with Crippen molar-refractivity contribution >= 4 is 5.97 Å². The summed E-state index contributed by atoms with van der Waals surface area (Å²) in [6, 6.07) is 7.36. The first-order valence-electron chi connectivity index (χ1n) is 6.59. The van der Waals surface area contributed by atoms with Crippen LogP contribution in [0.1, 0.15) is 19.3 Å². The molecule has 1 aliphatic rings. The molecule has 1 atom stereocenters. The van der Waals surface area contributed by atoms with Gasteiger partial charge in [-0.2, -0.15) is 0 Å². The van der Waals surface area contributed by atoms with E-state index in [1.54, 1.807) is 7.11 Å². The molecule has 0 aliphatic heterocycles. The van der Waals surface area contributed by atoms with E-state index in [4.69, 9.17) is 14.2 Å². The molecule has 1 aromatic carbocycles. The largest absolute Gasteiger partial charge is 0.497 e. The Bertz CT molecular complexity index is 409. The first-order chi connectivity index (χ1) is 9.24. The highest BCUT2D eigenvalue weighted by atomic mass is 16.5. The van der Waals surface area contributed by atoms with Crippen LogP contribution in [-0.2, 0) is 9.53 Å². The van der Waals surface area contributed by atoms with Gasteiger partial charge >= 0.3 is 5.97 Å². The SMILES string of the molecule is COC(=O)C(COc1ccc(OC)cc1)C1CCC1. The minimum absolute atomic E-state index is 0.152. The number of esters is 1. The number of rotatable bonds is 6. The average Bonchev–Trinajstić information content (AvgIpc) is 2.41. The molecule has 0 saturated heterocycles. The van der Waals surface area contributed by atoms with E-state index >= 15 is 0 Å². The lowest BCUT2D eigenvalue weighted by Crippen LogP contribution is -2.34. The molecule has 0 spiro atoms. The number of hydrogen-bond acceptors (Lipinski definition) is 4. The van der Waals surface area contributed by atoms with Crippen LogP contribution in [0.3, 0.4) is 0 Å². The second-order valence-electron chi connectivity index (χ2n) is 4.81. The summed E-state index contributed by atoms with van der Waals surface area (Å²) in [5.74, 6) is 1.62. The zero-order valence-electron chi connectivity index (χ0n) is 11.4. The zero-order chi connectivity index (χ0) is 13.7. The van der Waals surface area contributed by atoms with Gasteiger partial charge in [-0.3, -0.25) is 4.79 Å². The molecule has 1 fully saturated rings. The van der Waals surface area contributed by atoms with Crippen LogP contribution in [0, 0.1) is 11.8 Å². The number of carbonyl (C=O) groups is 1.